The van der Waals surface area contributed by atoms with E-state index in [1.54, 1.807) is 39.2 Å². The number of hydrogen-bond acceptors (Lipinski definition) is 5. The number of carbonyl (C=O) groups excluding carboxylic acids is 2. The first-order valence-electron chi connectivity index (χ1n) is 12.3. The van der Waals surface area contributed by atoms with Gasteiger partial charge in [0.1, 0.15) is 11.8 Å². The molecule has 0 unspecified atom stereocenters. The minimum Gasteiger partial charge on any atom is -0.497 e. The number of rotatable bonds is 13. The number of carbonyl (C=O) groups is 2. The Hall–Kier alpha value is -2.78. The van der Waals surface area contributed by atoms with E-state index in [0.717, 1.165) is 18.2 Å². The lowest BCUT2D eigenvalue weighted by Gasteiger charge is -2.30. The predicted octanol–water partition coefficient (Wildman–Crippen LogP) is 4.54. The minimum atomic E-state index is -3.61. The molecule has 2 aromatic carbocycles. The van der Waals surface area contributed by atoms with E-state index in [9.17, 15) is 18.0 Å². The zero-order valence-electron chi connectivity index (χ0n) is 22.5. The molecule has 0 bridgehead atoms. The van der Waals surface area contributed by atoms with Crippen LogP contribution in [0.15, 0.2) is 42.5 Å². The van der Waals surface area contributed by atoms with E-state index >= 15 is 0 Å². The molecule has 1 N–H and O–H groups in total. The van der Waals surface area contributed by atoms with Crippen molar-refractivity contribution in [2.75, 3.05) is 24.2 Å². The highest BCUT2D eigenvalue weighted by Crippen LogP contribution is 2.28. The number of anilines is 1. The molecule has 2 aromatic rings. The van der Waals surface area contributed by atoms with Crippen molar-refractivity contribution in [3.05, 3.63) is 58.6 Å². The summed E-state index contributed by atoms with van der Waals surface area (Å²) >= 11 is 6.21. The fraction of sp³-hybridized carbons (Fsp3) is 0.481. The molecule has 0 saturated heterocycles. The minimum absolute atomic E-state index is 0.0204. The highest BCUT2D eigenvalue weighted by Gasteiger charge is 2.27. The van der Waals surface area contributed by atoms with E-state index in [0.29, 0.717) is 22.0 Å². The van der Waals surface area contributed by atoms with Crippen molar-refractivity contribution in [3.8, 4) is 5.75 Å². The van der Waals surface area contributed by atoms with Gasteiger partial charge in [-0.05, 0) is 69.0 Å². The van der Waals surface area contributed by atoms with E-state index < -0.39 is 16.1 Å². The highest BCUT2D eigenvalue weighted by atomic mass is 35.5. The van der Waals surface area contributed by atoms with Gasteiger partial charge >= 0.3 is 0 Å². The smallest absolute Gasteiger partial charge is 0.242 e. The number of hydrogen-bond donors (Lipinski definition) is 1. The van der Waals surface area contributed by atoms with Crippen LogP contribution in [0, 0.1) is 6.92 Å². The Morgan fingerprint density at radius 2 is 1.81 bits per heavy atom. The van der Waals surface area contributed by atoms with Crippen LogP contribution in [0.5, 0.6) is 5.75 Å². The fourth-order valence-electron chi connectivity index (χ4n) is 3.86. The van der Waals surface area contributed by atoms with Gasteiger partial charge in [0, 0.05) is 30.6 Å². The summed E-state index contributed by atoms with van der Waals surface area (Å²) in [6.07, 6.45) is 2.24. The van der Waals surface area contributed by atoms with Gasteiger partial charge in [0.05, 0.1) is 19.1 Å². The number of nitrogens with zero attached hydrogens (tertiary/aromatic N) is 2. The topological polar surface area (TPSA) is 96.0 Å². The molecular weight excluding hydrogens is 514 g/mol. The molecule has 0 aliphatic carbocycles. The second-order valence-electron chi connectivity index (χ2n) is 9.19. The van der Waals surface area contributed by atoms with Crippen molar-refractivity contribution in [1.29, 1.82) is 0 Å². The lowest BCUT2D eigenvalue weighted by molar-refractivity contribution is -0.140. The van der Waals surface area contributed by atoms with E-state index in [1.807, 2.05) is 38.1 Å². The van der Waals surface area contributed by atoms with Gasteiger partial charge in [-0.1, -0.05) is 36.7 Å². The van der Waals surface area contributed by atoms with E-state index in [2.05, 4.69) is 5.32 Å². The van der Waals surface area contributed by atoms with Crippen LogP contribution in [0.4, 0.5) is 5.69 Å². The Labute approximate surface area is 226 Å². The second-order valence-corrected chi connectivity index (χ2v) is 11.5. The summed E-state index contributed by atoms with van der Waals surface area (Å²) in [6, 6.07) is 11.7. The maximum absolute atomic E-state index is 13.4. The quantitative estimate of drug-likeness (QED) is 0.394. The van der Waals surface area contributed by atoms with E-state index in [-0.39, 0.29) is 43.8 Å². The summed E-state index contributed by atoms with van der Waals surface area (Å²) in [5, 5.41) is 3.41. The Kier molecular flexibility index (Phi) is 11.3. The molecule has 0 spiro atoms. The third-order valence-electron chi connectivity index (χ3n) is 6.32. The Morgan fingerprint density at radius 3 is 2.43 bits per heavy atom. The molecule has 2 amide bonds. The third-order valence-corrected chi connectivity index (χ3v) is 7.90. The molecule has 0 aromatic heterocycles. The molecule has 0 saturated carbocycles. The van der Waals surface area contributed by atoms with Gasteiger partial charge in [0.15, 0.2) is 0 Å². The van der Waals surface area contributed by atoms with Crippen LogP contribution in [-0.4, -0.2) is 57.1 Å². The van der Waals surface area contributed by atoms with Crippen molar-refractivity contribution in [1.82, 2.24) is 10.2 Å². The predicted molar refractivity (Wildman–Crippen MR) is 149 cm³/mol. The molecule has 0 fully saturated rings. The van der Waals surface area contributed by atoms with Crippen LogP contribution >= 0.6 is 11.6 Å². The zero-order valence-corrected chi connectivity index (χ0v) is 24.0. The van der Waals surface area contributed by atoms with Crippen LogP contribution < -0.4 is 14.4 Å². The van der Waals surface area contributed by atoms with Crippen LogP contribution in [0.1, 0.15) is 51.2 Å². The summed E-state index contributed by atoms with van der Waals surface area (Å²) in [5.74, 6) is 0.172. The SMILES string of the molecule is CC[C@H](C)NC(=O)[C@H](C)N(Cc1cccc(OC)c1)C(=O)CCCN(c1cccc(Cl)c1C)S(C)(=O)=O. The van der Waals surface area contributed by atoms with Gasteiger partial charge < -0.3 is 15.0 Å². The van der Waals surface area contributed by atoms with Crippen molar-refractivity contribution in [2.45, 2.75) is 65.6 Å². The number of amides is 2. The Balaban J connectivity index is 2.23. The number of benzene rings is 2. The number of methoxy groups -OCH3 is 1. The molecule has 0 aliphatic heterocycles. The van der Waals surface area contributed by atoms with Crippen molar-refractivity contribution in [3.63, 3.8) is 0 Å². The Morgan fingerprint density at radius 1 is 1.14 bits per heavy atom. The summed E-state index contributed by atoms with van der Waals surface area (Å²) in [6.45, 7) is 7.67. The lowest BCUT2D eigenvalue weighted by Crippen LogP contribution is -2.49. The fourth-order valence-corrected chi connectivity index (χ4v) is 5.05. The first-order valence-corrected chi connectivity index (χ1v) is 14.6. The van der Waals surface area contributed by atoms with Gasteiger partial charge in [-0.15, -0.1) is 0 Å². The van der Waals surface area contributed by atoms with Gasteiger partial charge in [0.25, 0.3) is 0 Å². The van der Waals surface area contributed by atoms with Gasteiger partial charge in [-0.3, -0.25) is 13.9 Å². The highest BCUT2D eigenvalue weighted by molar-refractivity contribution is 7.92. The third kappa shape index (κ3) is 8.64. The molecule has 37 heavy (non-hydrogen) atoms. The number of ether oxygens (including phenoxy) is 1. The number of sulfonamides is 1. The molecule has 204 valence electrons. The molecular formula is C27H38ClN3O5S. The largest absolute Gasteiger partial charge is 0.497 e. The van der Waals surface area contributed by atoms with Gasteiger partial charge in [0.2, 0.25) is 21.8 Å². The van der Waals surface area contributed by atoms with Crippen LogP contribution in [0.25, 0.3) is 0 Å². The zero-order chi connectivity index (χ0) is 27.8. The monoisotopic (exact) mass is 551 g/mol. The summed E-state index contributed by atoms with van der Waals surface area (Å²) in [5.41, 5.74) is 1.95. The van der Waals surface area contributed by atoms with Crippen LogP contribution in [0.3, 0.4) is 0 Å². The summed E-state index contributed by atoms with van der Waals surface area (Å²) in [4.78, 5) is 27.9. The first kappa shape index (κ1) is 30.4. The molecule has 2 atom stereocenters. The Bertz CT molecular complexity index is 1190. The van der Waals surface area contributed by atoms with Crippen molar-refractivity contribution in [2.24, 2.45) is 0 Å². The number of halogens is 1. The first-order chi connectivity index (χ1) is 17.4. The average molecular weight is 552 g/mol. The normalized spacial score (nSPS) is 12.9. The van der Waals surface area contributed by atoms with Crippen molar-refractivity contribution < 1.29 is 22.7 Å². The summed E-state index contributed by atoms with van der Waals surface area (Å²) in [7, 11) is -2.04. The maximum atomic E-state index is 13.4. The molecule has 8 nitrogen and oxygen atoms in total. The molecule has 10 heteroatoms. The van der Waals surface area contributed by atoms with Gasteiger partial charge in [-0.25, -0.2) is 8.42 Å². The van der Waals surface area contributed by atoms with Crippen molar-refractivity contribution >= 4 is 39.1 Å². The maximum Gasteiger partial charge on any atom is 0.242 e. The standard InChI is InChI=1S/C27H38ClN3O5S/c1-7-19(2)29-27(33)21(4)30(18-22-11-8-12-23(17-22)36-5)26(32)15-10-16-31(37(6,34)35)25-14-9-13-24(28)20(25)3/h8-9,11-14,17,19,21H,7,10,15-16,18H2,1-6H3,(H,29,33)/t19-,21-/m0/s1. The molecule has 0 heterocycles. The molecule has 2 rings (SSSR count). The second kappa shape index (κ2) is 13.7. The summed E-state index contributed by atoms with van der Waals surface area (Å²) < 4.78 is 31.7. The van der Waals surface area contributed by atoms with Crippen LogP contribution in [-0.2, 0) is 26.2 Å². The van der Waals surface area contributed by atoms with E-state index in [1.165, 1.54) is 9.21 Å². The average Bonchev–Trinajstić information content (AvgIpc) is 2.85. The molecule has 0 aliphatic rings. The number of nitrogens with one attached hydrogen (secondary N) is 1. The van der Waals surface area contributed by atoms with E-state index in [4.69, 9.17) is 16.3 Å². The van der Waals surface area contributed by atoms with Crippen LogP contribution in [0.2, 0.25) is 5.02 Å². The van der Waals surface area contributed by atoms with Gasteiger partial charge in [-0.2, -0.15) is 0 Å². The molecule has 0 radical (unpaired) electrons. The lowest BCUT2D eigenvalue weighted by atomic mass is 10.1.